The minimum Gasteiger partial charge on any atom is -0.497 e. The number of rotatable bonds is 7. The average molecular weight is 289 g/mol. The molecule has 0 saturated heterocycles. The molecule has 0 spiro atoms. The summed E-state index contributed by atoms with van der Waals surface area (Å²) >= 11 is 3.43. The van der Waals surface area contributed by atoms with Crippen molar-refractivity contribution in [2.45, 2.75) is 12.3 Å². The van der Waals surface area contributed by atoms with Crippen LogP contribution in [0.1, 0.15) is 12.5 Å². The fourth-order valence-electron chi connectivity index (χ4n) is 1.26. The third-order valence-corrected chi connectivity index (χ3v) is 2.71. The lowest BCUT2D eigenvalue weighted by molar-refractivity contribution is 0.110. The van der Waals surface area contributed by atoms with Crippen LogP contribution in [0.15, 0.2) is 18.2 Å². The molecule has 0 bridgehead atoms. The van der Waals surface area contributed by atoms with E-state index >= 15 is 0 Å². The van der Waals surface area contributed by atoms with E-state index in [2.05, 4.69) is 15.9 Å². The van der Waals surface area contributed by atoms with Crippen molar-refractivity contribution in [2.24, 2.45) is 0 Å². The van der Waals surface area contributed by atoms with E-state index in [1.54, 1.807) is 7.11 Å². The number of hydrogen-bond donors (Lipinski definition) is 0. The van der Waals surface area contributed by atoms with Gasteiger partial charge in [-0.2, -0.15) is 0 Å². The maximum atomic E-state index is 5.64. The van der Waals surface area contributed by atoms with Crippen LogP contribution >= 0.6 is 15.9 Å². The molecule has 1 aromatic rings. The van der Waals surface area contributed by atoms with E-state index in [9.17, 15) is 0 Å². The molecule has 0 amide bonds. The average Bonchev–Trinajstić information content (AvgIpc) is 2.34. The predicted octanol–water partition coefficient (Wildman–Crippen LogP) is 3.01. The summed E-state index contributed by atoms with van der Waals surface area (Å²) in [6, 6.07) is 5.80. The molecule has 0 heterocycles. The molecule has 3 nitrogen and oxygen atoms in total. The van der Waals surface area contributed by atoms with Crippen molar-refractivity contribution >= 4 is 15.9 Å². The quantitative estimate of drug-likeness (QED) is 0.570. The van der Waals surface area contributed by atoms with E-state index in [1.165, 1.54) is 0 Å². The van der Waals surface area contributed by atoms with Gasteiger partial charge in [0, 0.05) is 23.6 Å². The molecule has 1 aromatic carbocycles. The van der Waals surface area contributed by atoms with Crippen LogP contribution in [0.5, 0.6) is 11.5 Å². The van der Waals surface area contributed by atoms with Crippen molar-refractivity contribution < 1.29 is 14.2 Å². The summed E-state index contributed by atoms with van der Waals surface area (Å²) in [5.74, 6) is 1.65. The molecule has 0 aliphatic heterocycles. The number of ether oxygens (including phenoxy) is 3. The van der Waals surface area contributed by atoms with Crippen LogP contribution in [0.4, 0.5) is 0 Å². The SMILES string of the molecule is CCOCCOc1cc(OC)ccc1CBr. The number of hydrogen-bond acceptors (Lipinski definition) is 3. The van der Waals surface area contributed by atoms with Crippen molar-refractivity contribution in [3.05, 3.63) is 23.8 Å². The summed E-state index contributed by atoms with van der Waals surface area (Å²) in [6.07, 6.45) is 0. The van der Waals surface area contributed by atoms with Crippen molar-refractivity contribution in [1.82, 2.24) is 0 Å². The van der Waals surface area contributed by atoms with Gasteiger partial charge in [0.25, 0.3) is 0 Å². The van der Waals surface area contributed by atoms with E-state index in [-0.39, 0.29) is 0 Å². The Morgan fingerprint density at radius 3 is 2.69 bits per heavy atom. The Labute approximate surface area is 105 Å². The lowest BCUT2D eigenvalue weighted by Crippen LogP contribution is -2.07. The van der Waals surface area contributed by atoms with Gasteiger partial charge in [0.1, 0.15) is 18.1 Å². The van der Waals surface area contributed by atoms with Crippen LogP contribution in [0.2, 0.25) is 0 Å². The molecule has 0 radical (unpaired) electrons. The van der Waals surface area contributed by atoms with Gasteiger partial charge in [-0.25, -0.2) is 0 Å². The minimum atomic E-state index is 0.557. The van der Waals surface area contributed by atoms with Crippen LogP contribution in [0.3, 0.4) is 0 Å². The molecule has 16 heavy (non-hydrogen) atoms. The van der Waals surface area contributed by atoms with Crippen molar-refractivity contribution in [3.8, 4) is 11.5 Å². The number of benzene rings is 1. The maximum Gasteiger partial charge on any atom is 0.127 e. The van der Waals surface area contributed by atoms with E-state index in [0.717, 1.165) is 22.4 Å². The number of alkyl halides is 1. The fourth-order valence-corrected chi connectivity index (χ4v) is 1.72. The highest BCUT2D eigenvalue weighted by atomic mass is 79.9. The summed E-state index contributed by atoms with van der Waals surface area (Å²) in [7, 11) is 1.65. The van der Waals surface area contributed by atoms with Gasteiger partial charge in [0.15, 0.2) is 0 Å². The fraction of sp³-hybridized carbons (Fsp3) is 0.500. The Bertz CT molecular complexity index is 315. The van der Waals surface area contributed by atoms with Crippen LogP contribution in [-0.4, -0.2) is 26.9 Å². The highest BCUT2D eigenvalue weighted by molar-refractivity contribution is 9.08. The first-order chi connectivity index (χ1) is 7.81. The molecular formula is C12H17BrO3. The first-order valence-electron chi connectivity index (χ1n) is 5.25. The van der Waals surface area contributed by atoms with Crippen molar-refractivity contribution in [1.29, 1.82) is 0 Å². The van der Waals surface area contributed by atoms with Gasteiger partial charge in [-0.1, -0.05) is 22.0 Å². The van der Waals surface area contributed by atoms with Gasteiger partial charge in [0.2, 0.25) is 0 Å². The van der Waals surface area contributed by atoms with E-state index < -0.39 is 0 Å². The Hall–Kier alpha value is -0.740. The zero-order chi connectivity index (χ0) is 11.8. The largest absolute Gasteiger partial charge is 0.497 e. The summed E-state index contributed by atoms with van der Waals surface area (Å²) in [5, 5.41) is 0.765. The standard InChI is InChI=1S/C12H17BrO3/c1-3-15-6-7-16-12-8-11(14-2)5-4-10(12)9-13/h4-5,8H,3,6-7,9H2,1-2H3. The van der Waals surface area contributed by atoms with Crippen LogP contribution in [0, 0.1) is 0 Å². The Balaban J connectivity index is 2.60. The molecule has 4 heteroatoms. The Morgan fingerprint density at radius 2 is 2.06 bits per heavy atom. The summed E-state index contributed by atoms with van der Waals surface area (Å²) in [5.41, 5.74) is 1.11. The van der Waals surface area contributed by atoms with Gasteiger partial charge in [-0.05, 0) is 13.0 Å². The van der Waals surface area contributed by atoms with E-state index in [1.807, 2.05) is 25.1 Å². The molecule has 0 atom stereocenters. The lowest BCUT2D eigenvalue weighted by atomic mass is 10.2. The molecule has 0 saturated carbocycles. The third kappa shape index (κ3) is 4.02. The zero-order valence-electron chi connectivity index (χ0n) is 9.66. The lowest BCUT2D eigenvalue weighted by Gasteiger charge is -2.11. The van der Waals surface area contributed by atoms with Gasteiger partial charge in [-0.3, -0.25) is 0 Å². The predicted molar refractivity (Wildman–Crippen MR) is 67.6 cm³/mol. The van der Waals surface area contributed by atoms with Crippen molar-refractivity contribution in [2.75, 3.05) is 26.9 Å². The highest BCUT2D eigenvalue weighted by Crippen LogP contribution is 2.26. The second kappa shape index (κ2) is 7.52. The second-order valence-electron chi connectivity index (χ2n) is 3.15. The van der Waals surface area contributed by atoms with Crippen molar-refractivity contribution in [3.63, 3.8) is 0 Å². The maximum absolute atomic E-state index is 5.64. The second-order valence-corrected chi connectivity index (χ2v) is 3.71. The number of methoxy groups -OCH3 is 1. The summed E-state index contributed by atoms with van der Waals surface area (Å²) < 4.78 is 16.0. The summed E-state index contributed by atoms with van der Waals surface area (Å²) in [6.45, 7) is 3.85. The van der Waals surface area contributed by atoms with E-state index in [4.69, 9.17) is 14.2 Å². The first-order valence-corrected chi connectivity index (χ1v) is 6.37. The van der Waals surface area contributed by atoms with Gasteiger partial charge >= 0.3 is 0 Å². The van der Waals surface area contributed by atoms with Crippen LogP contribution in [-0.2, 0) is 10.1 Å². The highest BCUT2D eigenvalue weighted by Gasteiger charge is 2.04. The molecule has 0 aliphatic carbocycles. The third-order valence-electron chi connectivity index (χ3n) is 2.11. The topological polar surface area (TPSA) is 27.7 Å². The molecule has 0 unspecified atom stereocenters. The molecular weight excluding hydrogens is 272 g/mol. The molecule has 0 aromatic heterocycles. The van der Waals surface area contributed by atoms with Crippen LogP contribution in [0.25, 0.3) is 0 Å². The molecule has 0 fully saturated rings. The van der Waals surface area contributed by atoms with Gasteiger partial charge in [-0.15, -0.1) is 0 Å². The molecule has 90 valence electrons. The van der Waals surface area contributed by atoms with E-state index in [0.29, 0.717) is 19.8 Å². The molecule has 1 rings (SSSR count). The minimum absolute atomic E-state index is 0.557. The smallest absolute Gasteiger partial charge is 0.127 e. The zero-order valence-corrected chi connectivity index (χ0v) is 11.2. The van der Waals surface area contributed by atoms with Crippen LogP contribution < -0.4 is 9.47 Å². The van der Waals surface area contributed by atoms with Gasteiger partial charge in [0.05, 0.1) is 13.7 Å². The number of halogens is 1. The monoisotopic (exact) mass is 288 g/mol. The normalized spacial score (nSPS) is 10.2. The first kappa shape index (κ1) is 13.3. The molecule has 0 aliphatic rings. The van der Waals surface area contributed by atoms with Gasteiger partial charge < -0.3 is 14.2 Å². The Kier molecular flexibility index (Phi) is 6.26. The molecule has 0 N–H and O–H groups in total. The summed E-state index contributed by atoms with van der Waals surface area (Å²) in [4.78, 5) is 0. The Morgan fingerprint density at radius 1 is 1.25 bits per heavy atom.